The minimum Gasteiger partial charge on any atom is -0.313 e. The van der Waals surface area contributed by atoms with Gasteiger partial charge in [0.15, 0.2) is 0 Å². The SMILES string of the molecule is CCCNCc1ccc(S(=O)(=O)NC(C)CCC)cc1Cl. The maximum atomic E-state index is 12.3. The number of hydrogen-bond donors (Lipinski definition) is 2. The van der Waals surface area contributed by atoms with Crippen molar-refractivity contribution >= 4 is 21.6 Å². The lowest BCUT2D eigenvalue weighted by Crippen LogP contribution is -2.32. The van der Waals surface area contributed by atoms with Crippen LogP contribution in [0.4, 0.5) is 0 Å². The number of benzene rings is 1. The molecule has 0 saturated carbocycles. The van der Waals surface area contributed by atoms with Gasteiger partial charge < -0.3 is 5.32 Å². The lowest BCUT2D eigenvalue weighted by molar-refractivity contribution is 0.544. The van der Waals surface area contributed by atoms with Gasteiger partial charge in [0.25, 0.3) is 0 Å². The first-order valence-corrected chi connectivity index (χ1v) is 9.28. The Balaban J connectivity index is 2.82. The molecule has 0 heterocycles. The highest BCUT2D eigenvalue weighted by Gasteiger charge is 2.18. The van der Waals surface area contributed by atoms with Gasteiger partial charge >= 0.3 is 0 Å². The first kappa shape index (κ1) is 18.4. The first-order chi connectivity index (χ1) is 9.90. The molecular weight excluding hydrogens is 308 g/mol. The second kappa shape index (κ2) is 8.73. The predicted molar refractivity (Wildman–Crippen MR) is 88.1 cm³/mol. The highest BCUT2D eigenvalue weighted by Crippen LogP contribution is 2.21. The normalized spacial score (nSPS) is 13.3. The molecule has 0 saturated heterocycles. The quantitative estimate of drug-likeness (QED) is 0.682. The van der Waals surface area contributed by atoms with Gasteiger partial charge in [-0.05, 0) is 44.0 Å². The van der Waals surface area contributed by atoms with Crippen molar-refractivity contribution in [3.63, 3.8) is 0 Å². The highest BCUT2D eigenvalue weighted by atomic mass is 35.5. The second-order valence-electron chi connectivity index (χ2n) is 5.24. The van der Waals surface area contributed by atoms with Crippen LogP contribution in [0.3, 0.4) is 0 Å². The van der Waals surface area contributed by atoms with Gasteiger partial charge in [-0.25, -0.2) is 13.1 Å². The molecule has 0 aliphatic carbocycles. The van der Waals surface area contributed by atoms with Crippen LogP contribution in [0.1, 0.15) is 45.6 Å². The van der Waals surface area contributed by atoms with E-state index in [-0.39, 0.29) is 10.9 Å². The minimum atomic E-state index is -3.50. The molecule has 1 aromatic carbocycles. The zero-order valence-corrected chi connectivity index (χ0v) is 14.5. The van der Waals surface area contributed by atoms with Gasteiger partial charge in [0, 0.05) is 17.6 Å². The van der Waals surface area contributed by atoms with Crippen LogP contribution in [0.5, 0.6) is 0 Å². The summed E-state index contributed by atoms with van der Waals surface area (Å²) in [6, 6.07) is 4.82. The molecular formula is C15H25ClN2O2S. The summed E-state index contributed by atoms with van der Waals surface area (Å²) in [5.41, 5.74) is 0.908. The molecule has 120 valence electrons. The summed E-state index contributed by atoms with van der Waals surface area (Å²) >= 11 is 6.18. The van der Waals surface area contributed by atoms with Gasteiger partial charge in [-0.15, -0.1) is 0 Å². The van der Waals surface area contributed by atoms with E-state index in [2.05, 4.69) is 17.0 Å². The molecule has 4 nitrogen and oxygen atoms in total. The van der Waals surface area contributed by atoms with Crippen molar-refractivity contribution in [1.82, 2.24) is 10.0 Å². The summed E-state index contributed by atoms with van der Waals surface area (Å²) in [6.45, 7) is 7.54. The molecule has 1 aromatic rings. The van der Waals surface area contributed by atoms with E-state index in [0.717, 1.165) is 31.4 Å². The zero-order valence-electron chi connectivity index (χ0n) is 12.9. The average molecular weight is 333 g/mol. The molecule has 0 spiro atoms. The van der Waals surface area contributed by atoms with Gasteiger partial charge in [0.2, 0.25) is 10.0 Å². The molecule has 2 N–H and O–H groups in total. The molecule has 0 bridgehead atoms. The summed E-state index contributed by atoms with van der Waals surface area (Å²) in [7, 11) is -3.50. The van der Waals surface area contributed by atoms with Gasteiger partial charge in [-0.1, -0.05) is 37.9 Å². The number of halogens is 1. The summed E-state index contributed by atoms with van der Waals surface area (Å²) in [6.07, 6.45) is 2.79. The van der Waals surface area contributed by atoms with Crippen LogP contribution in [-0.2, 0) is 16.6 Å². The summed E-state index contributed by atoms with van der Waals surface area (Å²) < 4.78 is 27.2. The van der Waals surface area contributed by atoms with Crippen LogP contribution in [0.15, 0.2) is 23.1 Å². The number of nitrogens with one attached hydrogen (secondary N) is 2. The fourth-order valence-corrected chi connectivity index (χ4v) is 3.68. The maximum absolute atomic E-state index is 12.3. The Kier molecular flexibility index (Phi) is 7.66. The molecule has 0 aliphatic rings. The van der Waals surface area contributed by atoms with Crippen molar-refractivity contribution < 1.29 is 8.42 Å². The molecule has 1 atom stereocenters. The third-order valence-electron chi connectivity index (χ3n) is 3.16. The van der Waals surface area contributed by atoms with E-state index < -0.39 is 10.0 Å². The molecule has 0 aromatic heterocycles. The molecule has 21 heavy (non-hydrogen) atoms. The fraction of sp³-hybridized carbons (Fsp3) is 0.600. The molecule has 0 amide bonds. The van der Waals surface area contributed by atoms with Crippen LogP contribution in [0, 0.1) is 0 Å². The van der Waals surface area contributed by atoms with E-state index in [1.54, 1.807) is 12.1 Å². The Hall–Kier alpha value is -0.620. The zero-order chi connectivity index (χ0) is 15.9. The predicted octanol–water partition coefficient (Wildman–Crippen LogP) is 3.31. The first-order valence-electron chi connectivity index (χ1n) is 7.42. The van der Waals surface area contributed by atoms with Crippen LogP contribution in [0.2, 0.25) is 5.02 Å². The Morgan fingerprint density at radius 2 is 1.95 bits per heavy atom. The Bertz CT molecular complexity index is 547. The Morgan fingerprint density at radius 3 is 2.52 bits per heavy atom. The third-order valence-corrected chi connectivity index (χ3v) is 5.09. The van der Waals surface area contributed by atoms with Gasteiger partial charge in [-0.3, -0.25) is 0 Å². The number of rotatable bonds is 9. The summed E-state index contributed by atoms with van der Waals surface area (Å²) in [4.78, 5) is 0.217. The second-order valence-corrected chi connectivity index (χ2v) is 7.36. The van der Waals surface area contributed by atoms with Crippen molar-refractivity contribution in [1.29, 1.82) is 0 Å². The Morgan fingerprint density at radius 1 is 1.24 bits per heavy atom. The van der Waals surface area contributed by atoms with Crippen molar-refractivity contribution in [3.8, 4) is 0 Å². The van der Waals surface area contributed by atoms with Crippen LogP contribution >= 0.6 is 11.6 Å². The average Bonchev–Trinajstić information content (AvgIpc) is 2.40. The van der Waals surface area contributed by atoms with Crippen LogP contribution in [-0.4, -0.2) is 21.0 Å². The number of sulfonamides is 1. The molecule has 1 rings (SSSR count). The highest BCUT2D eigenvalue weighted by molar-refractivity contribution is 7.89. The third kappa shape index (κ3) is 5.94. The van der Waals surface area contributed by atoms with Gasteiger partial charge in [0.05, 0.1) is 4.90 Å². The molecule has 0 aliphatic heterocycles. The van der Waals surface area contributed by atoms with E-state index in [4.69, 9.17) is 11.6 Å². The monoisotopic (exact) mass is 332 g/mol. The van der Waals surface area contributed by atoms with E-state index >= 15 is 0 Å². The van der Waals surface area contributed by atoms with Crippen molar-refractivity contribution in [2.24, 2.45) is 0 Å². The molecule has 0 fully saturated rings. The van der Waals surface area contributed by atoms with E-state index in [1.165, 1.54) is 6.07 Å². The van der Waals surface area contributed by atoms with E-state index in [0.29, 0.717) is 11.6 Å². The standard InChI is InChI=1S/C15H25ClN2O2S/c1-4-6-12(3)18-21(19,20)14-8-7-13(15(16)10-14)11-17-9-5-2/h7-8,10,12,17-18H,4-6,9,11H2,1-3H3. The van der Waals surface area contributed by atoms with Crippen molar-refractivity contribution in [3.05, 3.63) is 28.8 Å². The Labute approximate surface area is 133 Å². The lowest BCUT2D eigenvalue weighted by Gasteiger charge is -2.14. The topological polar surface area (TPSA) is 58.2 Å². The largest absolute Gasteiger partial charge is 0.313 e. The van der Waals surface area contributed by atoms with Gasteiger partial charge in [0.1, 0.15) is 0 Å². The van der Waals surface area contributed by atoms with Crippen molar-refractivity contribution in [2.45, 2.75) is 57.5 Å². The van der Waals surface area contributed by atoms with Gasteiger partial charge in [-0.2, -0.15) is 0 Å². The van der Waals surface area contributed by atoms with E-state index in [1.807, 2.05) is 13.8 Å². The molecule has 6 heteroatoms. The minimum absolute atomic E-state index is 0.0790. The molecule has 1 unspecified atom stereocenters. The maximum Gasteiger partial charge on any atom is 0.240 e. The lowest BCUT2D eigenvalue weighted by atomic mass is 10.2. The molecule has 0 radical (unpaired) electrons. The van der Waals surface area contributed by atoms with E-state index in [9.17, 15) is 8.42 Å². The van der Waals surface area contributed by atoms with Crippen molar-refractivity contribution in [2.75, 3.05) is 6.54 Å². The summed E-state index contributed by atoms with van der Waals surface area (Å²) in [5, 5.41) is 3.73. The smallest absolute Gasteiger partial charge is 0.240 e. The van der Waals surface area contributed by atoms with Crippen LogP contribution in [0.25, 0.3) is 0 Å². The fourth-order valence-electron chi connectivity index (χ4n) is 2.06. The van der Waals surface area contributed by atoms with Crippen LogP contribution < -0.4 is 10.0 Å². The number of hydrogen-bond acceptors (Lipinski definition) is 3. The summed E-state index contributed by atoms with van der Waals surface area (Å²) in [5.74, 6) is 0.